The molecule has 0 fully saturated rings. The molecule has 0 saturated carbocycles. The maximum absolute atomic E-state index is 12.2. The summed E-state index contributed by atoms with van der Waals surface area (Å²) in [4.78, 5) is 11.9. The molecule has 128 valence electrons. The number of aryl methyl sites for hydroxylation is 1. The number of hydrogen-bond acceptors (Lipinski definition) is 4. The lowest BCUT2D eigenvalue weighted by Gasteiger charge is -2.11. The number of halogens is 3. The summed E-state index contributed by atoms with van der Waals surface area (Å²) in [6.45, 7) is 0.995. The average Bonchev–Trinajstić information content (AvgIpc) is 3.07. The Morgan fingerprint density at radius 3 is 2.96 bits per heavy atom. The third kappa shape index (κ3) is 3.94. The predicted molar refractivity (Wildman–Crippen MR) is 77.3 cm³/mol. The fourth-order valence-corrected chi connectivity index (χ4v) is 2.45. The van der Waals surface area contributed by atoms with Crippen LogP contribution in [0, 0.1) is 0 Å². The number of benzene rings is 1. The minimum absolute atomic E-state index is 0.178. The van der Waals surface area contributed by atoms with Crippen LogP contribution in [-0.2, 0) is 19.5 Å². The van der Waals surface area contributed by atoms with Crippen LogP contribution < -0.4 is 15.4 Å². The predicted octanol–water partition coefficient (Wildman–Crippen LogP) is 2.44. The minimum Gasteiger partial charge on any atom is -0.406 e. The molecule has 0 bridgehead atoms. The van der Waals surface area contributed by atoms with Gasteiger partial charge in [-0.25, -0.2) is 4.79 Å². The molecule has 1 aliphatic heterocycles. The Bertz CT molecular complexity index is 744. The molecule has 0 saturated heterocycles. The Balaban J connectivity index is 1.56. The van der Waals surface area contributed by atoms with Crippen LogP contribution in [-0.4, -0.2) is 27.2 Å². The second-order valence-electron chi connectivity index (χ2n) is 5.17. The molecule has 0 radical (unpaired) electrons. The van der Waals surface area contributed by atoms with Crippen molar-refractivity contribution >= 4 is 11.7 Å². The quantitative estimate of drug-likeness (QED) is 0.895. The van der Waals surface area contributed by atoms with Gasteiger partial charge in [-0.05, 0) is 18.6 Å². The molecular formula is C14H14F3N5O2. The van der Waals surface area contributed by atoms with E-state index in [1.807, 2.05) is 4.57 Å². The second-order valence-corrected chi connectivity index (χ2v) is 5.17. The summed E-state index contributed by atoms with van der Waals surface area (Å²) < 4.78 is 42.3. The van der Waals surface area contributed by atoms with Gasteiger partial charge in [0.15, 0.2) is 5.82 Å². The van der Waals surface area contributed by atoms with Crippen molar-refractivity contribution in [3.63, 3.8) is 0 Å². The fraction of sp³-hybridized carbons (Fsp3) is 0.357. The highest BCUT2D eigenvalue weighted by Crippen LogP contribution is 2.25. The molecule has 10 heteroatoms. The van der Waals surface area contributed by atoms with Gasteiger partial charge in [0.2, 0.25) is 0 Å². The standard InChI is InChI=1S/C14H14F3N5O2/c15-14(16,17)24-10-4-1-3-9(7-10)19-13(23)18-8-12-21-20-11-5-2-6-22(11)12/h1,3-4,7H,2,5-6,8H2,(H2,18,19,23). The first-order valence-corrected chi connectivity index (χ1v) is 7.22. The van der Waals surface area contributed by atoms with E-state index in [1.54, 1.807) is 0 Å². The van der Waals surface area contributed by atoms with E-state index in [9.17, 15) is 18.0 Å². The Kier molecular flexibility index (Phi) is 4.28. The molecule has 24 heavy (non-hydrogen) atoms. The maximum atomic E-state index is 12.2. The molecule has 2 aromatic rings. The van der Waals surface area contributed by atoms with Crippen molar-refractivity contribution in [2.75, 3.05) is 5.32 Å². The SMILES string of the molecule is O=C(NCc1nnc2n1CCC2)Nc1cccc(OC(F)(F)F)c1. The second kappa shape index (κ2) is 6.38. The van der Waals surface area contributed by atoms with Crippen molar-refractivity contribution in [3.8, 4) is 5.75 Å². The van der Waals surface area contributed by atoms with Crippen LogP contribution in [0.3, 0.4) is 0 Å². The summed E-state index contributed by atoms with van der Waals surface area (Å²) in [5.41, 5.74) is 0.181. The Labute approximate surface area is 134 Å². The van der Waals surface area contributed by atoms with Crippen molar-refractivity contribution in [2.24, 2.45) is 0 Å². The van der Waals surface area contributed by atoms with Crippen LogP contribution in [0.1, 0.15) is 18.1 Å². The number of nitrogens with one attached hydrogen (secondary N) is 2. The van der Waals surface area contributed by atoms with E-state index >= 15 is 0 Å². The van der Waals surface area contributed by atoms with Gasteiger partial charge in [-0.15, -0.1) is 23.4 Å². The van der Waals surface area contributed by atoms with Gasteiger partial charge in [0.25, 0.3) is 0 Å². The number of alkyl halides is 3. The lowest BCUT2D eigenvalue weighted by Crippen LogP contribution is -2.29. The zero-order valence-electron chi connectivity index (χ0n) is 12.4. The number of fused-ring (bicyclic) bond motifs is 1. The Morgan fingerprint density at radius 2 is 2.17 bits per heavy atom. The Morgan fingerprint density at radius 1 is 1.33 bits per heavy atom. The first kappa shape index (κ1) is 16.1. The molecule has 2 heterocycles. The van der Waals surface area contributed by atoms with E-state index in [-0.39, 0.29) is 12.2 Å². The van der Waals surface area contributed by atoms with E-state index < -0.39 is 18.1 Å². The van der Waals surface area contributed by atoms with Crippen LogP contribution in [0.4, 0.5) is 23.7 Å². The number of amides is 2. The van der Waals surface area contributed by atoms with Crippen LogP contribution >= 0.6 is 0 Å². The molecule has 0 unspecified atom stereocenters. The van der Waals surface area contributed by atoms with Gasteiger partial charge in [-0.3, -0.25) is 0 Å². The zero-order valence-corrected chi connectivity index (χ0v) is 12.4. The van der Waals surface area contributed by atoms with Gasteiger partial charge >= 0.3 is 12.4 Å². The van der Waals surface area contributed by atoms with E-state index in [4.69, 9.17) is 0 Å². The average molecular weight is 341 g/mol. The summed E-state index contributed by atoms with van der Waals surface area (Å²) >= 11 is 0. The molecule has 2 amide bonds. The highest BCUT2D eigenvalue weighted by molar-refractivity contribution is 5.89. The summed E-state index contributed by atoms with van der Waals surface area (Å²) in [6, 6.07) is 4.48. The number of rotatable bonds is 4. The van der Waals surface area contributed by atoms with E-state index in [2.05, 4.69) is 25.6 Å². The van der Waals surface area contributed by atoms with Gasteiger partial charge in [0, 0.05) is 24.7 Å². The topological polar surface area (TPSA) is 81.1 Å². The van der Waals surface area contributed by atoms with Crippen LogP contribution in [0.2, 0.25) is 0 Å². The normalized spacial score (nSPS) is 13.5. The smallest absolute Gasteiger partial charge is 0.406 e. The van der Waals surface area contributed by atoms with Crippen molar-refractivity contribution in [1.82, 2.24) is 20.1 Å². The van der Waals surface area contributed by atoms with Crippen molar-refractivity contribution < 1.29 is 22.7 Å². The van der Waals surface area contributed by atoms with Gasteiger partial charge in [-0.1, -0.05) is 6.07 Å². The summed E-state index contributed by atoms with van der Waals surface area (Å²) in [5, 5.41) is 13.1. The molecule has 3 rings (SSSR count). The zero-order chi connectivity index (χ0) is 17.2. The first-order valence-electron chi connectivity index (χ1n) is 7.22. The highest BCUT2D eigenvalue weighted by Gasteiger charge is 2.31. The lowest BCUT2D eigenvalue weighted by molar-refractivity contribution is -0.274. The number of ether oxygens (including phenoxy) is 1. The summed E-state index contributed by atoms with van der Waals surface area (Å²) in [7, 11) is 0. The molecule has 1 aromatic heterocycles. The minimum atomic E-state index is -4.78. The molecule has 0 atom stereocenters. The number of carbonyl (C=O) groups excluding carboxylic acids is 1. The largest absolute Gasteiger partial charge is 0.573 e. The highest BCUT2D eigenvalue weighted by atomic mass is 19.4. The summed E-state index contributed by atoms with van der Waals surface area (Å²) in [6.07, 6.45) is -2.92. The molecule has 1 aromatic carbocycles. The monoisotopic (exact) mass is 341 g/mol. The van der Waals surface area contributed by atoms with Gasteiger partial charge in [0.1, 0.15) is 11.6 Å². The number of carbonyl (C=O) groups is 1. The number of urea groups is 1. The van der Waals surface area contributed by atoms with Crippen molar-refractivity contribution in [2.45, 2.75) is 32.3 Å². The van der Waals surface area contributed by atoms with Gasteiger partial charge in [-0.2, -0.15) is 0 Å². The number of nitrogens with zero attached hydrogens (tertiary/aromatic N) is 3. The fourth-order valence-electron chi connectivity index (χ4n) is 2.45. The maximum Gasteiger partial charge on any atom is 0.573 e. The molecule has 7 nitrogen and oxygen atoms in total. The van der Waals surface area contributed by atoms with Gasteiger partial charge in [0.05, 0.1) is 6.54 Å². The number of anilines is 1. The van der Waals surface area contributed by atoms with E-state index in [1.165, 1.54) is 12.1 Å². The number of hydrogen-bond donors (Lipinski definition) is 2. The Hall–Kier alpha value is -2.78. The summed E-state index contributed by atoms with van der Waals surface area (Å²) in [5.74, 6) is 1.13. The molecule has 2 N–H and O–H groups in total. The molecular weight excluding hydrogens is 327 g/mol. The lowest BCUT2D eigenvalue weighted by atomic mass is 10.3. The van der Waals surface area contributed by atoms with Gasteiger partial charge < -0.3 is 19.9 Å². The molecule has 0 aliphatic carbocycles. The van der Waals surface area contributed by atoms with Crippen LogP contribution in [0.25, 0.3) is 0 Å². The van der Waals surface area contributed by atoms with Crippen molar-refractivity contribution in [1.29, 1.82) is 0 Å². The van der Waals surface area contributed by atoms with E-state index in [0.29, 0.717) is 5.82 Å². The van der Waals surface area contributed by atoms with Crippen LogP contribution in [0.15, 0.2) is 24.3 Å². The third-order valence-corrected chi connectivity index (χ3v) is 3.42. The van der Waals surface area contributed by atoms with E-state index in [0.717, 1.165) is 37.3 Å². The number of aromatic nitrogens is 3. The molecule has 1 aliphatic rings. The third-order valence-electron chi connectivity index (χ3n) is 3.42. The first-order chi connectivity index (χ1) is 11.4. The van der Waals surface area contributed by atoms with Crippen molar-refractivity contribution in [3.05, 3.63) is 35.9 Å². The molecule has 0 spiro atoms. The van der Waals surface area contributed by atoms with Crippen LogP contribution in [0.5, 0.6) is 5.75 Å².